The van der Waals surface area contributed by atoms with Crippen molar-refractivity contribution in [1.82, 2.24) is 0 Å². The Morgan fingerprint density at radius 2 is 2.11 bits per heavy atom. The number of aliphatic hydroxyl groups excluding tert-OH is 1. The topological polar surface area (TPSA) is 66.8 Å². The van der Waals surface area contributed by atoms with Crippen molar-refractivity contribution >= 4 is 5.97 Å². The molecule has 0 aromatic rings. The van der Waals surface area contributed by atoms with E-state index in [9.17, 15) is 23.8 Å². The highest BCUT2D eigenvalue weighted by molar-refractivity contribution is 5.77. The molecule has 27 heavy (non-hydrogen) atoms. The molecule has 0 amide bonds. The number of fused-ring (bicyclic) bond motifs is 1. The van der Waals surface area contributed by atoms with Gasteiger partial charge >= 0.3 is 11.9 Å². The van der Waals surface area contributed by atoms with Gasteiger partial charge in [0.25, 0.3) is 0 Å². The number of carbonyl (C=O) groups is 1. The van der Waals surface area contributed by atoms with Crippen molar-refractivity contribution in [2.24, 2.45) is 11.8 Å². The third-order valence-electron chi connectivity index (χ3n) is 5.61. The summed E-state index contributed by atoms with van der Waals surface area (Å²) in [4.78, 5) is 11.8. The lowest BCUT2D eigenvalue weighted by Gasteiger charge is -2.26. The molecule has 2 rings (SSSR count). The van der Waals surface area contributed by atoms with E-state index in [1.54, 1.807) is 25.2 Å². The van der Waals surface area contributed by atoms with Crippen molar-refractivity contribution in [3.63, 3.8) is 0 Å². The Labute approximate surface area is 160 Å². The Balaban J connectivity index is 2.12. The van der Waals surface area contributed by atoms with Crippen molar-refractivity contribution in [2.75, 3.05) is 0 Å². The van der Waals surface area contributed by atoms with Crippen LogP contribution in [0.4, 0.5) is 8.78 Å². The molecule has 0 aromatic carbocycles. The molecule has 154 valence electrons. The zero-order valence-electron chi connectivity index (χ0n) is 16.2. The molecule has 1 aliphatic heterocycles. The quantitative estimate of drug-likeness (QED) is 0.409. The lowest BCUT2D eigenvalue weighted by atomic mass is 9.87. The smallest absolute Gasteiger partial charge is 0.377 e. The third kappa shape index (κ3) is 6.11. The van der Waals surface area contributed by atoms with E-state index in [-0.39, 0.29) is 24.7 Å². The van der Waals surface area contributed by atoms with Crippen LogP contribution in [-0.4, -0.2) is 39.9 Å². The molecule has 6 heteroatoms. The molecule has 4 unspecified atom stereocenters. The number of hydrogen-bond acceptors (Lipinski definition) is 4. The second-order valence-electron chi connectivity index (χ2n) is 8.11. The van der Waals surface area contributed by atoms with Crippen molar-refractivity contribution in [3.8, 4) is 0 Å². The number of unbranched alkanes of at least 4 members (excludes halogenated alkanes) is 2. The number of hydrogen-bond donors (Lipinski definition) is 2. The number of ether oxygens (including phenoxy) is 1. The zero-order valence-corrected chi connectivity index (χ0v) is 16.2. The number of esters is 1. The van der Waals surface area contributed by atoms with Crippen LogP contribution in [0.3, 0.4) is 0 Å². The summed E-state index contributed by atoms with van der Waals surface area (Å²) in [6, 6.07) is 0. The van der Waals surface area contributed by atoms with Gasteiger partial charge in [0, 0.05) is 24.7 Å². The number of aliphatic hydroxyl groups is 2. The molecule has 0 bridgehead atoms. The van der Waals surface area contributed by atoms with Crippen LogP contribution >= 0.6 is 0 Å². The van der Waals surface area contributed by atoms with Gasteiger partial charge in [0.2, 0.25) is 0 Å². The van der Waals surface area contributed by atoms with Gasteiger partial charge in [-0.1, -0.05) is 50.5 Å². The van der Waals surface area contributed by atoms with Gasteiger partial charge < -0.3 is 14.9 Å². The minimum atomic E-state index is -3.51. The summed E-state index contributed by atoms with van der Waals surface area (Å²) < 4.78 is 32.8. The molecule has 2 aliphatic rings. The average Bonchev–Trinajstić information content (AvgIpc) is 2.87. The van der Waals surface area contributed by atoms with Crippen LogP contribution in [0.25, 0.3) is 0 Å². The van der Waals surface area contributed by atoms with Crippen molar-refractivity contribution in [1.29, 1.82) is 0 Å². The molecule has 0 saturated heterocycles. The molecule has 1 fully saturated rings. The highest BCUT2D eigenvalue weighted by atomic mass is 19.3. The van der Waals surface area contributed by atoms with Crippen LogP contribution in [0.1, 0.15) is 65.2 Å². The predicted molar refractivity (Wildman–Crippen MR) is 99.3 cm³/mol. The van der Waals surface area contributed by atoms with E-state index < -0.39 is 36.1 Å². The van der Waals surface area contributed by atoms with Crippen LogP contribution in [0.5, 0.6) is 0 Å². The van der Waals surface area contributed by atoms with Gasteiger partial charge in [-0.25, -0.2) is 4.79 Å². The molecular formula is C21H32F2O4. The number of carbonyl (C=O) groups excluding carboxylic acids is 1. The first-order valence-electron chi connectivity index (χ1n) is 10.00. The maximum Gasteiger partial charge on any atom is 0.377 e. The Morgan fingerprint density at radius 1 is 1.37 bits per heavy atom. The summed E-state index contributed by atoms with van der Waals surface area (Å²) in [7, 11) is 0. The molecule has 0 aromatic heterocycles. The molecule has 0 radical (unpaired) electrons. The second-order valence-corrected chi connectivity index (χ2v) is 8.11. The average molecular weight is 386 g/mol. The van der Waals surface area contributed by atoms with Crippen LogP contribution in [0.15, 0.2) is 24.3 Å². The van der Waals surface area contributed by atoms with Gasteiger partial charge in [-0.15, -0.1) is 0 Å². The highest BCUT2D eigenvalue weighted by Gasteiger charge is 2.47. The maximum atomic E-state index is 13.8. The number of alkyl halides is 2. The Morgan fingerprint density at radius 3 is 2.81 bits per heavy atom. The Kier molecular flexibility index (Phi) is 7.57. The normalized spacial score (nSPS) is 33.5. The zero-order chi connectivity index (χ0) is 20.1. The lowest BCUT2D eigenvalue weighted by Crippen LogP contribution is -2.36. The summed E-state index contributed by atoms with van der Waals surface area (Å²) >= 11 is 0. The largest absolute Gasteiger partial charge is 0.458 e. The first-order valence-corrected chi connectivity index (χ1v) is 10.00. The predicted octanol–water partition coefficient (Wildman–Crippen LogP) is 4.16. The van der Waals surface area contributed by atoms with Crippen molar-refractivity contribution < 1.29 is 28.5 Å². The summed E-state index contributed by atoms with van der Waals surface area (Å²) in [6.45, 7) is 3.82. The summed E-state index contributed by atoms with van der Waals surface area (Å²) in [5.74, 6) is -5.64. The summed E-state index contributed by atoms with van der Waals surface area (Å²) in [5.41, 5.74) is -0.984. The molecule has 1 aliphatic carbocycles. The van der Waals surface area contributed by atoms with Gasteiger partial charge in [-0.2, -0.15) is 8.78 Å². The maximum absolute atomic E-state index is 13.8. The minimum Gasteiger partial charge on any atom is -0.458 e. The molecule has 1 heterocycles. The van der Waals surface area contributed by atoms with E-state index in [0.717, 1.165) is 19.3 Å². The number of allylic oxidation sites excluding steroid dienone is 2. The van der Waals surface area contributed by atoms with Gasteiger partial charge in [-0.05, 0) is 26.2 Å². The SMILES string of the molecule is CCCCC[C@](C)(O)C=CC1C(O)CC2OC(=O)C(F)(F)CCC=CCC21. The second kappa shape index (κ2) is 9.28. The third-order valence-corrected chi connectivity index (χ3v) is 5.61. The molecule has 4 nitrogen and oxygen atoms in total. The monoisotopic (exact) mass is 386 g/mol. The van der Waals surface area contributed by atoms with Crippen LogP contribution < -0.4 is 0 Å². The first-order chi connectivity index (χ1) is 12.7. The van der Waals surface area contributed by atoms with E-state index >= 15 is 0 Å². The number of halogens is 2. The summed E-state index contributed by atoms with van der Waals surface area (Å²) in [6.07, 6.45) is 9.24. The van der Waals surface area contributed by atoms with E-state index in [0.29, 0.717) is 12.8 Å². The van der Waals surface area contributed by atoms with E-state index in [1.165, 1.54) is 0 Å². The molecule has 1 saturated carbocycles. The Hall–Kier alpha value is -1.27. The van der Waals surface area contributed by atoms with Crippen LogP contribution in [-0.2, 0) is 9.53 Å². The molecular weight excluding hydrogens is 354 g/mol. The fraction of sp³-hybridized carbons (Fsp3) is 0.762. The fourth-order valence-electron chi connectivity index (χ4n) is 3.91. The van der Waals surface area contributed by atoms with E-state index in [4.69, 9.17) is 4.74 Å². The standard InChI is InChI=1S/C21H32F2O4/c1-3-4-7-11-20(2,26)13-10-15-16-9-6-5-8-12-21(22,23)19(25)27-18(16)14-17(15)24/h5-6,10,13,15-18,24,26H,3-4,7-9,11-12,14H2,1-2H3/t15?,16?,17?,18?,20-/m0/s1. The highest BCUT2D eigenvalue weighted by Crippen LogP contribution is 2.40. The first kappa shape index (κ1) is 22.0. The van der Waals surface area contributed by atoms with Gasteiger partial charge in [0.15, 0.2) is 0 Å². The van der Waals surface area contributed by atoms with Crippen LogP contribution in [0.2, 0.25) is 0 Å². The van der Waals surface area contributed by atoms with Gasteiger partial charge in [0.1, 0.15) is 6.10 Å². The van der Waals surface area contributed by atoms with Gasteiger partial charge in [0.05, 0.1) is 11.7 Å². The van der Waals surface area contributed by atoms with Crippen molar-refractivity contribution in [3.05, 3.63) is 24.3 Å². The Bertz CT molecular complexity index is 556. The molecule has 2 N–H and O–H groups in total. The molecule has 0 spiro atoms. The molecule has 5 atom stereocenters. The lowest BCUT2D eigenvalue weighted by molar-refractivity contribution is -0.180. The summed E-state index contributed by atoms with van der Waals surface area (Å²) in [5, 5.41) is 20.9. The van der Waals surface area contributed by atoms with Crippen molar-refractivity contribution in [2.45, 2.75) is 88.9 Å². The number of rotatable bonds is 6. The fourth-order valence-corrected chi connectivity index (χ4v) is 3.91. The van der Waals surface area contributed by atoms with Gasteiger partial charge in [-0.3, -0.25) is 0 Å². The van der Waals surface area contributed by atoms with E-state index in [1.807, 2.05) is 6.08 Å². The van der Waals surface area contributed by atoms with E-state index in [2.05, 4.69) is 6.92 Å². The minimum absolute atomic E-state index is 0.106. The van der Waals surface area contributed by atoms with Crippen LogP contribution in [0, 0.1) is 11.8 Å².